The Labute approximate surface area is 332 Å². The van der Waals surface area contributed by atoms with Gasteiger partial charge in [0.05, 0.1) is 5.97 Å². The van der Waals surface area contributed by atoms with E-state index in [4.69, 9.17) is 28.4 Å². The molecule has 0 heterocycles. The van der Waals surface area contributed by atoms with Gasteiger partial charge >= 0.3 is 0 Å². The summed E-state index contributed by atoms with van der Waals surface area (Å²) in [6.07, 6.45) is 0. The molecule has 0 amide bonds. The van der Waals surface area contributed by atoms with Crippen LogP contribution in [0, 0.1) is 0 Å². The van der Waals surface area contributed by atoms with Gasteiger partial charge in [0.15, 0.2) is 0 Å². The molecule has 57 heavy (non-hydrogen) atoms. The number of ether oxygens (including phenoxy) is 6. The molecule has 0 aliphatic rings. The summed E-state index contributed by atoms with van der Waals surface area (Å²) in [6.45, 7) is 1.70. The normalized spacial score (nSPS) is 10.7. The standard InChI is InChI=1S/C49H42O8/c50-49(51)42-25-47(56-34-40-21-43(52-30-36-13-5-1-6-14-36)27-44(22-40)53-31-37-15-7-2-8-16-37)29-48(26-42)57-35-41-23-45(54-32-38-17-9-3-10-18-38)28-46(24-41)55-33-39-19-11-4-12-20-39/h1-29H,30-35H2,(H,50,51)/p-1. The molecule has 0 atom stereocenters. The van der Waals surface area contributed by atoms with Crippen molar-refractivity contribution in [3.63, 3.8) is 0 Å². The van der Waals surface area contributed by atoms with Crippen molar-refractivity contribution in [1.82, 2.24) is 0 Å². The minimum absolute atomic E-state index is 0.0823. The SMILES string of the molecule is O=C([O-])c1cc(OCc2cc(OCc3ccccc3)cc(OCc3ccccc3)c2)cc(OCc2cc(OCc3ccccc3)cc(OCc3ccccc3)c2)c1. The second-order valence-electron chi connectivity index (χ2n) is 13.3. The fourth-order valence-electron chi connectivity index (χ4n) is 5.91. The van der Waals surface area contributed by atoms with Gasteiger partial charge in [-0.3, -0.25) is 0 Å². The summed E-state index contributed by atoms with van der Waals surface area (Å²) in [6, 6.07) is 55.2. The molecule has 0 bridgehead atoms. The number of aromatic carboxylic acids is 1. The molecule has 0 fully saturated rings. The highest BCUT2D eigenvalue weighted by atomic mass is 16.5. The maximum Gasteiger partial charge on any atom is 0.124 e. The molecule has 0 aromatic heterocycles. The van der Waals surface area contributed by atoms with E-state index in [9.17, 15) is 9.90 Å². The van der Waals surface area contributed by atoms with Gasteiger partial charge in [0.1, 0.15) is 74.1 Å². The third-order valence-electron chi connectivity index (χ3n) is 8.80. The quantitative estimate of drug-likeness (QED) is 0.0806. The lowest BCUT2D eigenvalue weighted by atomic mass is 10.2. The van der Waals surface area contributed by atoms with Crippen LogP contribution in [-0.2, 0) is 39.6 Å². The Morgan fingerprint density at radius 1 is 0.316 bits per heavy atom. The minimum Gasteiger partial charge on any atom is -0.545 e. The molecule has 286 valence electrons. The van der Waals surface area contributed by atoms with Gasteiger partial charge in [-0.1, -0.05) is 121 Å². The van der Waals surface area contributed by atoms with Crippen molar-refractivity contribution in [2.75, 3.05) is 0 Å². The minimum atomic E-state index is -1.36. The van der Waals surface area contributed by atoms with Crippen LogP contribution < -0.4 is 33.5 Å². The maximum absolute atomic E-state index is 12.1. The molecule has 0 spiro atoms. The summed E-state index contributed by atoms with van der Waals surface area (Å²) in [7, 11) is 0. The first-order valence-corrected chi connectivity index (χ1v) is 18.6. The molecule has 7 rings (SSSR count). The van der Waals surface area contributed by atoms with Crippen LogP contribution in [0.3, 0.4) is 0 Å². The van der Waals surface area contributed by atoms with E-state index in [2.05, 4.69) is 0 Å². The summed E-state index contributed by atoms with van der Waals surface area (Å²) in [5, 5.41) is 12.1. The number of carboxylic acids is 1. The Kier molecular flexibility index (Phi) is 13.0. The number of hydrogen-bond acceptors (Lipinski definition) is 8. The van der Waals surface area contributed by atoms with Gasteiger partial charge in [-0.25, -0.2) is 0 Å². The first-order valence-electron chi connectivity index (χ1n) is 18.6. The van der Waals surface area contributed by atoms with Gasteiger partial charge in [0.25, 0.3) is 0 Å². The van der Waals surface area contributed by atoms with Crippen molar-refractivity contribution in [3.05, 3.63) is 215 Å². The molecule has 0 radical (unpaired) electrons. The third-order valence-corrected chi connectivity index (χ3v) is 8.80. The highest BCUT2D eigenvalue weighted by Crippen LogP contribution is 2.30. The van der Waals surface area contributed by atoms with Gasteiger partial charge < -0.3 is 38.3 Å². The Bertz CT molecular complexity index is 2050. The van der Waals surface area contributed by atoms with Crippen LogP contribution in [0.25, 0.3) is 0 Å². The van der Waals surface area contributed by atoms with Crippen LogP contribution in [0.15, 0.2) is 176 Å². The lowest BCUT2D eigenvalue weighted by molar-refractivity contribution is -0.255. The average molecular weight is 758 g/mol. The van der Waals surface area contributed by atoms with E-state index in [1.54, 1.807) is 6.07 Å². The van der Waals surface area contributed by atoms with E-state index in [0.29, 0.717) is 60.9 Å². The molecule has 0 unspecified atom stereocenters. The molecule has 7 aromatic carbocycles. The first-order chi connectivity index (χ1) is 28.0. The van der Waals surface area contributed by atoms with E-state index >= 15 is 0 Å². The van der Waals surface area contributed by atoms with Gasteiger partial charge in [0.2, 0.25) is 0 Å². The summed E-state index contributed by atoms with van der Waals surface area (Å²) >= 11 is 0. The summed E-state index contributed by atoms with van der Waals surface area (Å²) in [5.41, 5.74) is 5.56. The van der Waals surface area contributed by atoms with Gasteiger partial charge in [0, 0.05) is 23.8 Å². The number of carboxylic acid groups (broad SMARTS) is 1. The van der Waals surface area contributed by atoms with Gasteiger partial charge in [-0.2, -0.15) is 0 Å². The molecule has 0 aliphatic carbocycles. The van der Waals surface area contributed by atoms with E-state index in [1.165, 1.54) is 12.1 Å². The summed E-state index contributed by atoms with van der Waals surface area (Å²) in [5.74, 6) is 1.67. The van der Waals surface area contributed by atoms with Crippen molar-refractivity contribution >= 4 is 5.97 Å². The topological polar surface area (TPSA) is 95.5 Å². The fourth-order valence-corrected chi connectivity index (χ4v) is 5.91. The zero-order valence-corrected chi connectivity index (χ0v) is 31.3. The van der Waals surface area contributed by atoms with Crippen molar-refractivity contribution in [1.29, 1.82) is 0 Å². The van der Waals surface area contributed by atoms with Gasteiger partial charge in [-0.05, 0) is 69.8 Å². The molecule has 0 N–H and O–H groups in total. The highest BCUT2D eigenvalue weighted by molar-refractivity contribution is 5.87. The zero-order valence-electron chi connectivity index (χ0n) is 31.3. The van der Waals surface area contributed by atoms with Crippen molar-refractivity contribution in [2.45, 2.75) is 39.6 Å². The molecular weight excluding hydrogens is 717 g/mol. The summed E-state index contributed by atoms with van der Waals surface area (Å²) in [4.78, 5) is 12.1. The number of rotatable bonds is 19. The zero-order chi connectivity index (χ0) is 39.1. The Morgan fingerprint density at radius 2 is 0.544 bits per heavy atom. The highest BCUT2D eigenvalue weighted by Gasteiger charge is 2.11. The molecule has 0 aliphatic heterocycles. The molecule has 8 heteroatoms. The Hall–Kier alpha value is -7.19. The molecule has 8 nitrogen and oxygen atoms in total. The predicted octanol–water partition coefficient (Wildman–Crippen LogP) is 9.52. The number of hydrogen-bond donors (Lipinski definition) is 0. The predicted molar refractivity (Wildman–Crippen MR) is 215 cm³/mol. The van der Waals surface area contributed by atoms with Crippen LogP contribution in [0.1, 0.15) is 43.7 Å². The van der Waals surface area contributed by atoms with Crippen LogP contribution in [0.5, 0.6) is 34.5 Å². The fraction of sp³-hybridized carbons (Fsp3) is 0.122. The molecule has 0 saturated carbocycles. The van der Waals surface area contributed by atoms with Crippen LogP contribution in [0.2, 0.25) is 0 Å². The Morgan fingerprint density at radius 3 is 0.789 bits per heavy atom. The smallest absolute Gasteiger partial charge is 0.124 e. The van der Waals surface area contributed by atoms with E-state index < -0.39 is 5.97 Å². The second kappa shape index (κ2) is 19.4. The largest absolute Gasteiger partial charge is 0.545 e. The number of benzene rings is 7. The molecule has 0 saturated heterocycles. The lowest BCUT2D eigenvalue weighted by Gasteiger charge is -2.16. The maximum atomic E-state index is 12.1. The average Bonchev–Trinajstić information content (AvgIpc) is 3.26. The number of carbonyl (C=O) groups is 1. The monoisotopic (exact) mass is 757 g/mol. The lowest BCUT2D eigenvalue weighted by Crippen LogP contribution is -2.22. The van der Waals surface area contributed by atoms with Crippen molar-refractivity contribution < 1.29 is 38.3 Å². The van der Waals surface area contributed by atoms with Gasteiger partial charge in [-0.15, -0.1) is 0 Å². The van der Waals surface area contributed by atoms with Crippen LogP contribution >= 0.6 is 0 Å². The van der Waals surface area contributed by atoms with Crippen LogP contribution in [0.4, 0.5) is 0 Å². The number of carbonyl (C=O) groups excluding carboxylic acids is 1. The van der Waals surface area contributed by atoms with E-state index in [0.717, 1.165) is 33.4 Å². The van der Waals surface area contributed by atoms with Crippen molar-refractivity contribution in [2.24, 2.45) is 0 Å². The first kappa shape index (κ1) is 38.1. The van der Waals surface area contributed by atoms with E-state index in [1.807, 2.05) is 158 Å². The summed E-state index contributed by atoms with van der Waals surface area (Å²) < 4.78 is 37.0. The molecular formula is C49H41O8-. The second-order valence-corrected chi connectivity index (χ2v) is 13.3. The third kappa shape index (κ3) is 11.9. The molecule has 7 aromatic rings. The van der Waals surface area contributed by atoms with E-state index in [-0.39, 0.29) is 18.8 Å². The van der Waals surface area contributed by atoms with Crippen molar-refractivity contribution in [3.8, 4) is 34.5 Å². The van der Waals surface area contributed by atoms with Crippen LogP contribution in [-0.4, -0.2) is 5.97 Å². The Balaban J connectivity index is 1.06.